The standard InChI is InChI=1S/C18H21NO/c1-13-8-9-16(10-14(13)2)12-18(20)17(19)11-15-6-4-3-5-7-15/h3-10,17H,11-12,19H2,1-2H3. The number of benzene rings is 2. The lowest BCUT2D eigenvalue weighted by Gasteiger charge is -2.11. The monoisotopic (exact) mass is 267 g/mol. The zero-order valence-corrected chi connectivity index (χ0v) is 12.1. The summed E-state index contributed by atoms with van der Waals surface area (Å²) in [4.78, 5) is 12.2. The topological polar surface area (TPSA) is 43.1 Å². The summed E-state index contributed by atoms with van der Waals surface area (Å²) in [5.41, 5.74) is 10.6. The largest absolute Gasteiger partial charge is 0.321 e. The third-order valence-electron chi connectivity index (χ3n) is 3.66. The van der Waals surface area contributed by atoms with Crippen LogP contribution in [0.2, 0.25) is 0 Å². The number of carbonyl (C=O) groups excluding carboxylic acids is 1. The average molecular weight is 267 g/mol. The van der Waals surface area contributed by atoms with E-state index in [9.17, 15) is 4.79 Å². The van der Waals surface area contributed by atoms with Gasteiger partial charge in [0.25, 0.3) is 0 Å². The van der Waals surface area contributed by atoms with Gasteiger partial charge in [-0.1, -0.05) is 48.5 Å². The molecule has 0 aromatic heterocycles. The van der Waals surface area contributed by atoms with Crippen LogP contribution >= 0.6 is 0 Å². The van der Waals surface area contributed by atoms with E-state index in [-0.39, 0.29) is 5.78 Å². The minimum atomic E-state index is -0.431. The van der Waals surface area contributed by atoms with Gasteiger partial charge in [0.2, 0.25) is 0 Å². The summed E-state index contributed by atoms with van der Waals surface area (Å²) in [6.45, 7) is 4.13. The third kappa shape index (κ3) is 3.78. The lowest BCUT2D eigenvalue weighted by molar-refractivity contribution is -0.119. The summed E-state index contributed by atoms with van der Waals surface area (Å²) in [7, 11) is 0. The Balaban J connectivity index is 1.99. The molecule has 2 rings (SSSR count). The van der Waals surface area contributed by atoms with E-state index in [1.807, 2.05) is 36.4 Å². The van der Waals surface area contributed by atoms with Crippen LogP contribution in [-0.2, 0) is 17.6 Å². The first-order chi connectivity index (χ1) is 9.56. The van der Waals surface area contributed by atoms with E-state index in [0.29, 0.717) is 12.8 Å². The van der Waals surface area contributed by atoms with Crippen LogP contribution < -0.4 is 5.73 Å². The molecule has 0 aliphatic heterocycles. The fourth-order valence-corrected chi connectivity index (χ4v) is 2.23. The Labute approximate surface area is 120 Å². The molecule has 0 radical (unpaired) electrons. The van der Waals surface area contributed by atoms with Gasteiger partial charge in [-0.05, 0) is 42.5 Å². The van der Waals surface area contributed by atoms with Crippen LogP contribution in [-0.4, -0.2) is 11.8 Å². The summed E-state index contributed by atoms with van der Waals surface area (Å²) in [5.74, 6) is 0.0945. The van der Waals surface area contributed by atoms with Crippen LogP contribution in [0.15, 0.2) is 48.5 Å². The second-order valence-corrected chi connectivity index (χ2v) is 5.36. The maximum Gasteiger partial charge on any atom is 0.154 e. The van der Waals surface area contributed by atoms with Gasteiger partial charge in [0.15, 0.2) is 5.78 Å². The molecular formula is C18H21NO. The fourth-order valence-electron chi connectivity index (χ4n) is 2.23. The third-order valence-corrected chi connectivity index (χ3v) is 3.66. The van der Waals surface area contributed by atoms with E-state index in [1.165, 1.54) is 11.1 Å². The smallest absolute Gasteiger partial charge is 0.154 e. The second-order valence-electron chi connectivity index (χ2n) is 5.36. The van der Waals surface area contributed by atoms with Gasteiger partial charge in [-0.2, -0.15) is 0 Å². The predicted molar refractivity (Wildman–Crippen MR) is 82.7 cm³/mol. The van der Waals surface area contributed by atoms with Crippen molar-refractivity contribution in [2.45, 2.75) is 32.7 Å². The molecule has 0 amide bonds. The quantitative estimate of drug-likeness (QED) is 0.905. The van der Waals surface area contributed by atoms with E-state index < -0.39 is 6.04 Å². The minimum absolute atomic E-state index is 0.0945. The van der Waals surface area contributed by atoms with Crippen molar-refractivity contribution < 1.29 is 4.79 Å². The van der Waals surface area contributed by atoms with Gasteiger partial charge in [0, 0.05) is 6.42 Å². The summed E-state index contributed by atoms with van der Waals surface area (Å²) < 4.78 is 0. The Morgan fingerprint density at radius 3 is 2.35 bits per heavy atom. The molecule has 0 aliphatic rings. The molecule has 1 unspecified atom stereocenters. The van der Waals surface area contributed by atoms with Crippen molar-refractivity contribution in [3.63, 3.8) is 0 Å². The molecule has 20 heavy (non-hydrogen) atoms. The molecule has 1 atom stereocenters. The average Bonchev–Trinajstić information content (AvgIpc) is 2.44. The summed E-state index contributed by atoms with van der Waals surface area (Å²) in [6, 6.07) is 15.6. The van der Waals surface area contributed by atoms with E-state index in [4.69, 9.17) is 5.73 Å². The highest BCUT2D eigenvalue weighted by Crippen LogP contribution is 2.12. The van der Waals surface area contributed by atoms with Crippen molar-refractivity contribution in [1.29, 1.82) is 0 Å². The van der Waals surface area contributed by atoms with Crippen LogP contribution in [0, 0.1) is 13.8 Å². The van der Waals surface area contributed by atoms with Gasteiger partial charge >= 0.3 is 0 Å². The highest BCUT2D eigenvalue weighted by molar-refractivity contribution is 5.86. The Morgan fingerprint density at radius 1 is 1.00 bits per heavy atom. The predicted octanol–water partition coefficient (Wildman–Crippen LogP) is 2.99. The highest BCUT2D eigenvalue weighted by Gasteiger charge is 2.14. The van der Waals surface area contributed by atoms with Crippen molar-refractivity contribution in [2.75, 3.05) is 0 Å². The van der Waals surface area contributed by atoms with Crippen LogP contribution in [0.4, 0.5) is 0 Å². The number of hydrogen-bond acceptors (Lipinski definition) is 2. The van der Waals surface area contributed by atoms with Crippen LogP contribution in [0.25, 0.3) is 0 Å². The first-order valence-electron chi connectivity index (χ1n) is 6.94. The van der Waals surface area contributed by atoms with Crippen LogP contribution in [0.1, 0.15) is 22.3 Å². The van der Waals surface area contributed by atoms with Crippen molar-refractivity contribution in [3.05, 3.63) is 70.8 Å². The number of ketones is 1. The van der Waals surface area contributed by atoms with Crippen molar-refractivity contribution in [1.82, 2.24) is 0 Å². The Hall–Kier alpha value is -1.93. The van der Waals surface area contributed by atoms with Crippen LogP contribution in [0.3, 0.4) is 0 Å². The van der Waals surface area contributed by atoms with E-state index in [1.54, 1.807) is 0 Å². The highest BCUT2D eigenvalue weighted by atomic mass is 16.1. The molecule has 0 fully saturated rings. The molecule has 2 aromatic rings. The number of Topliss-reactive ketones (excluding diaryl/α,β-unsaturated/α-hetero) is 1. The van der Waals surface area contributed by atoms with E-state index >= 15 is 0 Å². The number of rotatable bonds is 5. The van der Waals surface area contributed by atoms with Crippen molar-refractivity contribution in [2.24, 2.45) is 5.73 Å². The molecule has 0 heterocycles. The van der Waals surface area contributed by atoms with Gasteiger partial charge in [0.1, 0.15) is 0 Å². The molecule has 0 saturated carbocycles. The zero-order valence-electron chi connectivity index (χ0n) is 12.1. The van der Waals surface area contributed by atoms with Gasteiger partial charge in [-0.25, -0.2) is 0 Å². The first-order valence-corrected chi connectivity index (χ1v) is 6.94. The van der Waals surface area contributed by atoms with E-state index in [2.05, 4.69) is 26.0 Å². The number of hydrogen-bond donors (Lipinski definition) is 1. The Kier molecular flexibility index (Phi) is 4.70. The summed E-state index contributed by atoms with van der Waals surface area (Å²) in [5, 5.41) is 0. The minimum Gasteiger partial charge on any atom is -0.321 e. The van der Waals surface area contributed by atoms with Gasteiger partial charge in [0.05, 0.1) is 6.04 Å². The number of carbonyl (C=O) groups is 1. The van der Waals surface area contributed by atoms with Gasteiger partial charge in [-0.15, -0.1) is 0 Å². The lowest BCUT2D eigenvalue weighted by atomic mass is 9.97. The molecule has 2 heteroatoms. The Morgan fingerprint density at radius 2 is 1.70 bits per heavy atom. The van der Waals surface area contributed by atoms with Gasteiger partial charge in [-0.3, -0.25) is 4.79 Å². The molecule has 0 saturated heterocycles. The molecule has 2 nitrogen and oxygen atoms in total. The zero-order chi connectivity index (χ0) is 14.5. The number of nitrogens with two attached hydrogens (primary N) is 1. The van der Waals surface area contributed by atoms with Gasteiger partial charge < -0.3 is 5.73 Å². The summed E-state index contributed by atoms with van der Waals surface area (Å²) >= 11 is 0. The molecular weight excluding hydrogens is 246 g/mol. The molecule has 2 aromatic carbocycles. The Bertz CT molecular complexity index is 590. The first kappa shape index (κ1) is 14.5. The second kappa shape index (κ2) is 6.49. The fraction of sp³-hybridized carbons (Fsp3) is 0.278. The normalized spacial score (nSPS) is 12.2. The molecule has 0 aliphatic carbocycles. The molecule has 0 bridgehead atoms. The van der Waals surface area contributed by atoms with E-state index in [0.717, 1.165) is 11.1 Å². The maximum atomic E-state index is 12.2. The molecule has 2 N–H and O–H groups in total. The van der Waals surface area contributed by atoms with Crippen molar-refractivity contribution in [3.8, 4) is 0 Å². The maximum absolute atomic E-state index is 12.2. The summed E-state index contributed by atoms with van der Waals surface area (Å²) in [6.07, 6.45) is 1.01. The van der Waals surface area contributed by atoms with Crippen LogP contribution in [0.5, 0.6) is 0 Å². The molecule has 0 spiro atoms. The van der Waals surface area contributed by atoms with Crippen molar-refractivity contribution >= 4 is 5.78 Å². The number of aryl methyl sites for hydroxylation is 2. The SMILES string of the molecule is Cc1ccc(CC(=O)C(N)Cc2ccccc2)cc1C. The molecule has 104 valence electrons. The lowest BCUT2D eigenvalue weighted by Crippen LogP contribution is -2.33.